The summed E-state index contributed by atoms with van der Waals surface area (Å²) >= 11 is 3.24. The third kappa shape index (κ3) is 8.08. The van der Waals surface area contributed by atoms with E-state index in [1.165, 1.54) is 6.92 Å². The van der Waals surface area contributed by atoms with Crippen LogP contribution in [0.4, 0.5) is 5.82 Å². The van der Waals surface area contributed by atoms with Gasteiger partial charge in [-0.15, -0.1) is 0 Å². The predicted octanol–water partition coefficient (Wildman–Crippen LogP) is 2.16. The number of amides is 1. The summed E-state index contributed by atoms with van der Waals surface area (Å²) in [6.45, 7) is 4.32. The maximum absolute atomic E-state index is 10.5. The summed E-state index contributed by atoms with van der Waals surface area (Å²) in [6.07, 6.45) is 2.73. The molecule has 0 aliphatic heterocycles. The van der Waals surface area contributed by atoms with Gasteiger partial charge in [-0.2, -0.15) is 0 Å². The van der Waals surface area contributed by atoms with Gasteiger partial charge in [0.15, 0.2) is 0 Å². The molecule has 1 amide bonds. The van der Waals surface area contributed by atoms with Crippen molar-refractivity contribution in [3.05, 3.63) is 22.8 Å². The van der Waals surface area contributed by atoms with Crippen molar-refractivity contribution in [2.75, 3.05) is 11.9 Å². The Kier molecular flexibility index (Phi) is 7.85. The fraction of sp³-hybridized carbons (Fsp3) is 0.400. The quantitative estimate of drug-likeness (QED) is 0.868. The van der Waals surface area contributed by atoms with Crippen molar-refractivity contribution in [2.24, 2.45) is 5.73 Å². The number of nitrogens with two attached hydrogens (primary N) is 1. The van der Waals surface area contributed by atoms with E-state index in [9.17, 15) is 4.79 Å². The van der Waals surface area contributed by atoms with Crippen LogP contribution in [-0.2, 0) is 4.79 Å². The topological polar surface area (TPSA) is 68.0 Å². The van der Waals surface area contributed by atoms with Crippen LogP contribution in [-0.4, -0.2) is 17.4 Å². The van der Waals surface area contributed by atoms with Crippen molar-refractivity contribution in [3.8, 4) is 0 Å². The second-order valence-corrected chi connectivity index (χ2v) is 3.75. The van der Waals surface area contributed by atoms with Gasteiger partial charge in [0.05, 0.1) is 0 Å². The van der Waals surface area contributed by atoms with E-state index in [-0.39, 0.29) is 5.91 Å². The monoisotopic (exact) mass is 273 g/mol. The number of rotatable bonds is 2. The number of carbonyl (C=O) groups is 1. The molecule has 0 unspecified atom stereocenters. The Labute approximate surface area is 98.4 Å². The number of nitrogens with one attached hydrogen (secondary N) is 1. The predicted molar refractivity (Wildman–Crippen MR) is 65.6 cm³/mol. The largest absolute Gasteiger partial charge is 0.330 e. The van der Waals surface area contributed by atoms with Crippen LogP contribution in [0.1, 0.15) is 20.3 Å². The fourth-order valence-corrected chi connectivity index (χ4v) is 0.865. The molecule has 1 aromatic heterocycles. The van der Waals surface area contributed by atoms with Crippen LogP contribution in [0.5, 0.6) is 0 Å². The highest BCUT2D eigenvalue weighted by molar-refractivity contribution is 9.10. The first-order valence-corrected chi connectivity index (χ1v) is 5.48. The minimum absolute atomic E-state index is 0.111. The second kappa shape index (κ2) is 8.38. The summed E-state index contributed by atoms with van der Waals surface area (Å²) in [7, 11) is 0. The lowest BCUT2D eigenvalue weighted by molar-refractivity contribution is -0.114. The fourth-order valence-electron chi connectivity index (χ4n) is 0.630. The van der Waals surface area contributed by atoms with Gasteiger partial charge in [-0.05, 0) is 41.0 Å². The molecule has 15 heavy (non-hydrogen) atoms. The first kappa shape index (κ1) is 14.1. The molecule has 0 aromatic carbocycles. The van der Waals surface area contributed by atoms with E-state index in [1.807, 2.05) is 6.07 Å². The summed E-state index contributed by atoms with van der Waals surface area (Å²) in [5.74, 6) is 0.459. The Morgan fingerprint density at radius 2 is 2.20 bits per heavy atom. The average molecular weight is 274 g/mol. The summed E-state index contributed by atoms with van der Waals surface area (Å²) in [4.78, 5) is 14.5. The molecule has 0 spiro atoms. The first-order chi connectivity index (χ1) is 7.10. The van der Waals surface area contributed by atoms with E-state index in [0.717, 1.165) is 17.4 Å². The normalized spacial score (nSPS) is 8.80. The molecule has 0 bridgehead atoms. The number of pyridine rings is 1. The van der Waals surface area contributed by atoms with Crippen LogP contribution in [0, 0.1) is 0 Å². The van der Waals surface area contributed by atoms with E-state index >= 15 is 0 Å². The van der Waals surface area contributed by atoms with Gasteiger partial charge in [0, 0.05) is 17.6 Å². The molecule has 1 rings (SSSR count). The molecule has 5 heteroatoms. The number of anilines is 1. The number of nitrogens with zero attached hydrogens (tertiary/aromatic N) is 1. The Bertz CT molecular complexity index is 285. The Morgan fingerprint density at radius 3 is 2.53 bits per heavy atom. The van der Waals surface area contributed by atoms with Gasteiger partial charge in [-0.25, -0.2) is 4.98 Å². The lowest BCUT2D eigenvalue weighted by Gasteiger charge is -1.98. The lowest BCUT2D eigenvalue weighted by Crippen LogP contribution is -2.06. The van der Waals surface area contributed by atoms with Crippen LogP contribution in [0.2, 0.25) is 0 Å². The molecule has 0 saturated heterocycles. The minimum Gasteiger partial charge on any atom is -0.330 e. The van der Waals surface area contributed by atoms with Gasteiger partial charge in [0.1, 0.15) is 5.82 Å². The van der Waals surface area contributed by atoms with E-state index in [4.69, 9.17) is 5.73 Å². The van der Waals surface area contributed by atoms with Crippen molar-refractivity contribution in [1.29, 1.82) is 0 Å². The third-order valence-electron chi connectivity index (χ3n) is 1.32. The van der Waals surface area contributed by atoms with Crippen LogP contribution < -0.4 is 11.1 Å². The van der Waals surface area contributed by atoms with Gasteiger partial charge in [-0.1, -0.05) is 6.92 Å². The molecule has 1 heterocycles. The average Bonchev–Trinajstić information content (AvgIpc) is 2.21. The van der Waals surface area contributed by atoms with E-state index in [2.05, 4.69) is 33.2 Å². The minimum atomic E-state index is -0.111. The zero-order chi connectivity index (χ0) is 11.7. The highest BCUT2D eigenvalue weighted by Gasteiger charge is 1.94. The lowest BCUT2D eigenvalue weighted by atomic mass is 10.4. The van der Waals surface area contributed by atoms with Crippen molar-refractivity contribution >= 4 is 27.7 Å². The molecule has 0 radical (unpaired) electrons. The van der Waals surface area contributed by atoms with Crippen molar-refractivity contribution in [1.82, 2.24) is 4.98 Å². The molecular formula is C10H16BrN3O. The van der Waals surface area contributed by atoms with Gasteiger partial charge in [-0.3, -0.25) is 4.79 Å². The number of hydrogen-bond acceptors (Lipinski definition) is 3. The Hall–Kier alpha value is -0.940. The van der Waals surface area contributed by atoms with Gasteiger partial charge in [0.25, 0.3) is 0 Å². The highest BCUT2D eigenvalue weighted by Crippen LogP contribution is 2.09. The molecule has 4 nitrogen and oxygen atoms in total. The highest BCUT2D eigenvalue weighted by atomic mass is 79.9. The third-order valence-corrected chi connectivity index (χ3v) is 1.79. The Balaban J connectivity index is 0.000000423. The summed E-state index contributed by atoms with van der Waals surface area (Å²) < 4.78 is 0.895. The summed E-state index contributed by atoms with van der Waals surface area (Å²) in [6, 6.07) is 3.55. The van der Waals surface area contributed by atoms with Crippen molar-refractivity contribution in [3.63, 3.8) is 0 Å². The second-order valence-electron chi connectivity index (χ2n) is 2.83. The van der Waals surface area contributed by atoms with Crippen LogP contribution in [0.25, 0.3) is 0 Å². The molecule has 84 valence electrons. The standard InChI is InChI=1S/C7H7BrN2O.C3H9N/c1-5(11)10-7-3-2-6(8)4-9-7;1-2-3-4/h2-4H,1H3,(H,9,10,11);2-4H2,1H3. The Morgan fingerprint density at radius 1 is 1.60 bits per heavy atom. The van der Waals surface area contributed by atoms with Gasteiger partial charge >= 0.3 is 0 Å². The van der Waals surface area contributed by atoms with Crippen LogP contribution in [0.15, 0.2) is 22.8 Å². The number of aromatic nitrogens is 1. The number of hydrogen-bond donors (Lipinski definition) is 2. The molecule has 3 N–H and O–H groups in total. The molecule has 0 atom stereocenters. The number of carbonyl (C=O) groups excluding carboxylic acids is 1. The molecular weight excluding hydrogens is 258 g/mol. The van der Waals surface area contributed by atoms with Crippen molar-refractivity contribution < 1.29 is 4.79 Å². The maximum atomic E-state index is 10.5. The summed E-state index contributed by atoms with van der Waals surface area (Å²) in [5.41, 5.74) is 5.03. The smallest absolute Gasteiger partial charge is 0.222 e. The molecule has 0 saturated carbocycles. The molecule has 0 fully saturated rings. The van der Waals surface area contributed by atoms with E-state index < -0.39 is 0 Å². The molecule has 1 aromatic rings. The zero-order valence-electron chi connectivity index (χ0n) is 8.96. The van der Waals surface area contributed by atoms with Crippen LogP contribution in [0.3, 0.4) is 0 Å². The van der Waals surface area contributed by atoms with Crippen molar-refractivity contribution in [2.45, 2.75) is 20.3 Å². The van der Waals surface area contributed by atoms with Gasteiger partial charge in [0.2, 0.25) is 5.91 Å². The maximum Gasteiger partial charge on any atom is 0.222 e. The number of halogens is 1. The molecule has 0 aliphatic rings. The molecule has 0 aliphatic carbocycles. The first-order valence-electron chi connectivity index (χ1n) is 4.69. The van der Waals surface area contributed by atoms with Gasteiger partial charge < -0.3 is 11.1 Å². The van der Waals surface area contributed by atoms with E-state index in [1.54, 1.807) is 12.3 Å². The zero-order valence-corrected chi connectivity index (χ0v) is 10.5. The van der Waals surface area contributed by atoms with E-state index in [0.29, 0.717) is 5.82 Å². The van der Waals surface area contributed by atoms with Crippen LogP contribution >= 0.6 is 15.9 Å². The SMILES string of the molecule is CC(=O)Nc1ccc(Br)cn1.CCCN. The summed E-state index contributed by atoms with van der Waals surface area (Å²) in [5, 5.41) is 2.56.